The molecule has 2 fully saturated rings. The third-order valence-corrected chi connectivity index (χ3v) is 9.49. The minimum atomic E-state index is -0.113. The summed E-state index contributed by atoms with van der Waals surface area (Å²) in [6, 6.07) is 0. The zero-order valence-corrected chi connectivity index (χ0v) is 17.1. The van der Waals surface area contributed by atoms with Crippen molar-refractivity contribution in [1.29, 1.82) is 0 Å². The van der Waals surface area contributed by atoms with Crippen LogP contribution in [-0.4, -0.2) is 16.2 Å². The number of nitrogens with zero attached hydrogens (tertiary/aromatic N) is 1. The molecule has 1 aromatic heterocycles. The number of rotatable bonds is 1. The lowest BCUT2D eigenvalue weighted by atomic mass is 9.45. The summed E-state index contributed by atoms with van der Waals surface area (Å²) in [6.45, 7) is 7.50. The highest BCUT2D eigenvalue weighted by atomic mass is 32.1. The summed E-state index contributed by atoms with van der Waals surface area (Å²) in [7, 11) is 0. The van der Waals surface area contributed by atoms with E-state index in [0.29, 0.717) is 16.7 Å². The Morgan fingerprint density at radius 3 is 2.73 bits per heavy atom. The van der Waals surface area contributed by atoms with Gasteiger partial charge in [-0.1, -0.05) is 38.5 Å². The molecule has 2 nitrogen and oxygen atoms in total. The normalized spacial score (nSPS) is 47.5. The van der Waals surface area contributed by atoms with Gasteiger partial charge in [0, 0.05) is 6.20 Å². The largest absolute Gasteiger partial charge is 0.393 e. The molecule has 0 radical (unpaired) electrons. The molecule has 0 aromatic carbocycles. The molecule has 1 N–H and O–H groups in total. The zero-order valence-electron chi connectivity index (χ0n) is 16.2. The first-order valence-corrected chi connectivity index (χ1v) is 11.3. The Balaban J connectivity index is 1.52. The van der Waals surface area contributed by atoms with E-state index in [1.807, 2.05) is 5.51 Å². The second-order valence-electron chi connectivity index (χ2n) is 9.83. The number of allylic oxidation sites excluding steroid dienone is 3. The monoisotopic (exact) mass is 369 g/mol. The average Bonchev–Trinajstić information content (AvgIpc) is 3.23. The second kappa shape index (κ2) is 5.78. The van der Waals surface area contributed by atoms with E-state index < -0.39 is 0 Å². The van der Waals surface area contributed by atoms with Crippen LogP contribution in [0.15, 0.2) is 29.4 Å². The SMILES string of the molecule is C[C@H]1C=C2C[C@@H](O)CC[C@]2(C)[C@H]2CC[C@]3(C)C(c4cncs4)=CC[C@H]3[C@H]12. The Morgan fingerprint density at radius 2 is 1.96 bits per heavy atom. The Kier molecular flexibility index (Phi) is 3.82. The van der Waals surface area contributed by atoms with Crippen LogP contribution in [0.3, 0.4) is 0 Å². The molecule has 5 rings (SSSR count). The molecule has 0 spiro atoms. The molecule has 1 heterocycles. The van der Waals surface area contributed by atoms with Gasteiger partial charge in [-0.05, 0) is 78.6 Å². The van der Waals surface area contributed by atoms with Crippen LogP contribution in [0.2, 0.25) is 0 Å². The van der Waals surface area contributed by atoms with Crippen molar-refractivity contribution in [3.8, 4) is 0 Å². The van der Waals surface area contributed by atoms with Crippen LogP contribution in [0.25, 0.3) is 5.57 Å². The highest BCUT2D eigenvalue weighted by Crippen LogP contribution is 2.67. The van der Waals surface area contributed by atoms with Crippen LogP contribution >= 0.6 is 11.3 Å². The first kappa shape index (κ1) is 17.2. The van der Waals surface area contributed by atoms with E-state index in [1.54, 1.807) is 22.5 Å². The maximum absolute atomic E-state index is 10.2. The number of hydrogen-bond donors (Lipinski definition) is 1. The molecule has 4 aliphatic rings. The molecule has 0 aliphatic heterocycles. The number of aromatic nitrogens is 1. The molecule has 7 atom stereocenters. The first-order valence-electron chi connectivity index (χ1n) is 10.4. The number of hydrogen-bond acceptors (Lipinski definition) is 3. The van der Waals surface area contributed by atoms with Crippen LogP contribution in [0.5, 0.6) is 0 Å². The van der Waals surface area contributed by atoms with Crippen molar-refractivity contribution < 1.29 is 5.11 Å². The summed E-state index contributed by atoms with van der Waals surface area (Å²) in [5.74, 6) is 2.96. The van der Waals surface area contributed by atoms with Gasteiger partial charge in [-0.3, -0.25) is 4.98 Å². The molecule has 26 heavy (non-hydrogen) atoms. The van der Waals surface area contributed by atoms with E-state index >= 15 is 0 Å². The number of aliphatic hydroxyl groups is 1. The van der Waals surface area contributed by atoms with Crippen LogP contribution in [0, 0.1) is 34.5 Å². The number of aliphatic hydroxyl groups excluding tert-OH is 1. The first-order chi connectivity index (χ1) is 12.4. The number of thiazole rings is 1. The summed E-state index contributed by atoms with van der Waals surface area (Å²) in [4.78, 5) is 5.74. The molecule has 140 valence electrons. The fraction of sp³-hybridized carbons (Fsp3) is 0.696. The van der Waals surface area contributed by atoms with Gasteiger partial charge in [0.05, 0.1) is 16.5 Å². The molecule has 2 saturated carbocycles. The number of fused-ring (bicyclic) bond motifs is 5. The van der Waals surface area contributed by atoms with E-state index in [2.05, 4.69) is 44.1 Å². The molecule has 0 unspecified atom stereocenters. The second-order valence-corrected chi connectivity index (χ2v) is 10.7. The van der Waals surface area contributed by atoms with Crippen molar-refractivity contribution >= 4 is 16.9 Å². The van der Waals surface area contributed by atoms with E-state index in [9.17, 15) is 5.11 Å². The lowest BCUT2D eigenvalue weighted by Crippen LogP contribution is -2.52. The Labute approximate surface area is 161 Å². The highest BCUT2D eigenvalue weighted by Gasteiger charge is 2.58. The minimum absolute atomic E-state index is 0.113. The van der Waals surface area contributed by atoms with Gasteiger partial charge in [-0.25, -0.2) is 0 Å². The summed E-state index contributed by atoms with van der Waals surface area (Å²) in [5, 5.41) is 10.2. The van der Waals surface area contributed by atoms with Gasteiger partial charge in [-0.15, -0.1) is 11.3 Å². The predicted molar refractivity (Wildman–Crippen MR) is 108 cm³/mol. The fourth-order valence-corrected chi connectivity index (χ4v) is 8.10. The minimum Gasteiger partial charge on any atom is -0.393 e. The highest BCUT2D eigenvalue weighted by molar-refractivity contribution is 7.10. The van der Waals surface area contributed by atoms with Crippen molar-refractivity contribution in [3.05, 3.63) is 34.3 Å². The van der Waals surface area contributed by atoms with Crippen LogP contribution in [0.1, 0.15) is 64.2 Å². The van der Waals surface area contributed by atoms with Gasteiger partial charge in [0.1, 0.15) is 0 Å². The average molecular weight is 370 g/mol. The Hall–Kier alpha value is -0.930. The quantitative estimate of drug-likeness (QED) is 0.644. The summed E-state index contributed by atoms with van der Waals surface area (Å²) < 4.78 is 0. The zero-order chi connectivity index (χ0) is 18.1. The van der Waals surface area contributed by atoms with Crippen molar-refractivity contribution in [2.24, 2.45) is 34.5 Å². The van der Waals surface area contributed by atoms with Crippen molar-refractivity contribution in [1.82, 2.24) is 4.98 Å². The van der Waals surface area contributed by atoms with Crippen LogP contribution < -0.4 is 0 Å². The van der Waals surface area contributed by atoms with E-state index in [1.165, 1.54) is 30.6 Å². The molecule has 0 amide bonds. The van der Waals surface area contributed by atoms with Crippen LogP contribution in [0.4, 0.5) is 0 Å². The molecule has 1 aromatic rings. The molecule has 0 saturated heterocycles. The third kappa shape index (κ3) is 2.22. The lowest BCUT2D eigenvalue weighted by Gasteiger charge is -2.59. The fourth-order valence-electron chi connectivity index (χ4n) is 7.30. The van der Waals surface area contributed by atoms with Crippen molar-refractivity contribution in [2.45, 2.75) is 65.4 Å². The van der Waals surface area contributed by atoms with Gasteiger partial charge in [0.2, 0.25) is 0 Å². The smallest absolute Gasteiger partial charge is 0.0797 e. The third-order valence-electron chi connectivity index (χ3n) is 8.69. The molecular formula is C23H31NOS. The summed E-state index contributed by atoms with van der Waals surface area (Å²) in [6.07, 6.45) is 14.0. The topological polar surface area (TPSA) is 33.1 Å². The van der Waals surface area contributed by atoms with Gasteiger partial charge in [0.25, 0.3) is 0 Å². The summed E-state index contributed by atoms with van der Waals surface area (Å²) in [5.41, 5.74) is 5.77. The molecular weight excluding hydrogens is 338 g/mol. The molecule has 4 aliphatic carbocycles. The lowest BCUT2D eigenvalue weighted by molar-refractivity contribution is -0.0425. The molecule has 3 heteroatoms. The van der Waals surface area contributed by atoms with Gasteiger partial charge in [0.15, 0.2) is 0 Å². The van der Waals surface area contributed by atoms with E-state index in [0.717, 1.165) is 30.6 Å². The van der Waals surface area contributed by atoms with E-state index in [4.69, 9.17) is 0 Å². The van der Waals surface area contributed by atoms with Gasteiger partial charge in [-0.2, -0.15) is 0 Å². The summed E-state index contributed by atoms with van der Waals surface area (Å²) >= 11 is 1.80. The maximum atomic E-state index is 10.2. The van der Waals surface area contributed by atoms with Crippen LogP contribution in [-0.2, 0) is 0 Å². The Bertz CT molecular complexity index is 765. The van der Waals surface area contributed by atoms with Crippen molar-refractivity contribution in [2.75, 3.05) is 0 Å². The molecule has 0 bridgehead atoms. The Morgan fingerprint density at radius 1 is 1.15 bits per heavy atom. The maximum Gasteiger partial charge on any atom is 0.0797 e. The van der Waals surface area contributed by atoms with Crippen molar-refractivity contribution in [3.63, 3.8) is 0 Å². The van der Waals surface area contributed by atoms with Gasteiger partial charge >= 0.3 is 0 Å². The predicted octanol–water partition coefficient (Wildman–Crippen LogP) is 5.71. The van der Waals surface area contributed by atoms with E-state index in [-0.39, 0.29) is 6.10 Å². The van der Waals surface area contributed by atoms with Gasteiger partial charge < -0.3 is 5.11 Å². The standard InChI is InChI=1S/C23H31NOS/c1-14-10-15-11-16(25)6-8-22(15,2)19-7-9-23(3)17(20-12-24-13-26-20)4-5-18(23)21(14)19/h4,10,12-14,16,18-19,21,25H,5-9,11H2,1-3H3/t14-,16-,18-,19-,21-,22-,23+/m0/s1.